The zero-order valence-electron chi connectivity index (χ0n) is 11.4. The average molecular weight is 224 g/mol. The third-order valence-corrected chi connectivity index (χ3v) is 5.73. The molecule has 2 heteroatoms. The third-order valence-electron chi connectivity index (χ3n) is 5.73. The maximum atomic E-state index is 6.10. The predicted octanol–water partition coefficient (Wildman–Crippen LogP) is 2.48. The van der Waals surface area contributed by atoms with Gasteiger partial charge in [0.1, 0.15) is 0 Å². The minimum Gasteiger partial charge on any atom is -0.329 e. The first-order chi connectivity index (χ1) is 7.43. The Labute approximate surface area is 101 Å². The van der Waals surface area contributed by atoms with Crippen LogP contribution in [0.25, 0.3) is 0 Å². The molecule has 0 radical (unpaired) electrons. The molecule has 1 heterocycles. The second-order valence-corrected chi connectivity index (χ2v) is 6.73. The number of likely N-dealkylation sites (tertiary alicyclic amines) is 1. The van der Waals surface area contributed by atoms with Crippen LogP contribution in [0.3, 0.4) is 0 Å². The van der Waals surface area contributed by atoms with Crippen LogP contribution in [0.5, 0.6) is 0 Å². The van der Waals surface area contributed by atoms with Crippen LogP contribution in [0.2, 0.25) is 0 Å². The van der Waals surface area contributed by atoms with Gasteiger partial charge in [0.25, 0.3) is 0 Å². The third kappa shape index (κ3) is 1.80. The van der Waals surface area contributed by atoms with Gasteiger partial charge in [-0.2, -0.15) is 0 Å². The lowest BCUT2D eigenvalue weighted by molar-refractivity contribution is -0.000415. The molecule has 2 nitrogen and oxygen atoms in total. The highest BCUT2D eigenvalue weighted by atomic mass is 15.2. The van der Waals surface area contributed by atoms with Crippen LogP contribution in [0.4, 0.5) is 0 Å². The average Bonchev–Trinajstić information content (AvgIpc) is 3.01. The van der Waals surface area contributed by atoms with Gasteiger partial charge in [0, 0.05) is 18.6 Å². The summed E-state index contributed by atoms with van der Waals surface area (Å²) in [6.07, 6.45) is 4.06. The topological polar surface area (TPSA) is 29.3 Å². The molecule has 16 heavy (non-hydrogen) atoms. The summed E-state index contributed by atoms with van der Waals surface area (Å²) in [5, 5.41) is 0. The molecule has 2 fully saturated rings. The molecule has 0 aromatic rings. The van der Waals surface area contributed by atoms with E-state index in [-0.39, 0.29) is 5.54 Å². The van der Waals surface area contributed by atoms with Gasteiger partial charge >= 0.3 is 0 Å². The van der Waals surface area contributed by atoms with Crippen molar-refractivity contribution in [1.29, 1.82) is 0 Å². The van der Waals surface area contributed by atoms with Crippen molar-refractivity contribution < 1.29 is 0 Å². The van der Waals surface area contributed by atoms with Gasteiger partial charge in [-0.15, -0.1) is 0 Å². The van der Waals surface area contributed by atoms with Crippen LogP contribution in [0.15, 0.2) is 0 Å². The number of nitrogens with two attached hydrogens (primary N) is 1. The highest BCUT2D eigenvalue weighted by molar-refractivity contribution is 5.10. The van der Waals surface area contributed by atoms with Crippen molar-refractivity contribution in [2.24, 2.45) is 23.0 Å². The Bertz CT molecular complexity index is 259. The minimum absolute atomic E-state index is 0.237. The summed E-state index contributed by atoms with van der Waals surface area (Å²) in [6, 6.07) is 0. The van der Waals surface area contributed by atoms with Crippen molar-refractivity contribution in [1.82, 2.24) is 4.90 Å². The van der Waals surface area contributed by atoms with Crippen molar-refractivity contribution in [2.45, 2.75) is 52.5 Å². The van der Waals surface area contributed by atoms with Gasteiger partial charge in [-0.05, 0) is 50.0 Å². The van der Waals surface area contributed by atoms with Crippen LogP contribution in [-0.2, 0) is 0 Å². The molecule has 2 aliphatic rings. The van der Waals surface area contributed by atoms with Gasteiger partial charge < -0.3 is 5.73 Å². The largest absolute Gasteiger partial charge is 0.329 e. The van der Waals surface area contributed by atoms with Gasteiger partial charge in [0.05, 0.1) is 0 Å². The van der Waals surface area contributed by atoms with Crippen LogP contribution in [-0.4, -0.2) is 30.1 Å². The van der Waals surface area contributed by atoms with Gasteiger partial charge in [0.2, 0.25) is 0 Å². The highest BCUT2D eigenvalue weighted by Crippen LogP contribution is 2.56. The van der Waals surface area contributed by atoms with Crippen molar-refractivity contribution in [3.05, 3.63) is 0 Å². The van der Waals surface area contributed by atoms with Gasteiger partial charge in [-0.3, -0.25) is 4.90 Å². The summed E-state index contributed by atoms with van der Waals surface area (Å²) in [7, 11) is 0. The van der Waals surface area contributed by atoms with E-state index in [0.717, 1.165) is 18.4 Å². The summed E-state index contributed by atoms with van der Waals surface area (Å²) in [6.45, 7) is 12.9. The van der Waals surface area contributed by atoms with E-state index in [1.165, 1.54) is 32.4 Å². The summed E-state index contributed by atoms with van der Waals surface area (Å²) in [5.41, 5.74) is 6.83. The van der Waals surface area contributed by atoms with Crippen molar-refractivity contribution in [3.63, 3.8) is 0 Å². The Hall–Kier alpha value is -0.0800. The first kappa shape index (κ1) is 12.4. The first-order valence-electron chi connectivity index (χ1n) is 6.88. The summed E-state index contributed by atoms with van der Waals surface area (Å²) in [4.78, 5) is 2.69. The molecule has 94 valence electrons. The van der Waals surface area contributed by atoms with E-state index in [0.29, 0.717) is 5.41 Å². The van der Waals surface area contributed by atoms with E-state index in [1.807, 2.05) is 0 Å². The van der Waals surface area contributed by atoms with Crippen molar-refractivity contribution in [3.8, 4) is 0 Å². The minimum atomic E-state index is 0.237. The predicted molar refractivity (Wildman–Crippen MR) is 69.3 cm³/mol. The Morgan fingerprint density at radius 2 is 1.94 bits per heavy atom. The molecule has 0 bridgehead atoms. The molecule has 1 aliphatic heterocycles. The van der Waals surface area contributed by atoms with Gasteiger partial charge in [0.15, 0.2) is 0 Å². The van der Waals surface area contributed by atoms with E-state index < -0.39 is 0 Å². The number of hydrogen-bond acceptors (Lipinski definition) is 2. The normalized spacial score (nSPS) is 38.1. The molecule has 0 spiro atoms. The van der Waals surface area contributed by atoms with E-state index in [1.54, 1.807) is 0 Å². The molecule has 2 N–H and O–H groups in total. The molecular formula is C14H28N2. The van der Waals surface area contributed by atoms with E-state index in [2.05, 4.69) is 32.6 Å². The molecule has 0 amide bonds. The Kier molecular flexibility index (Phi) is 3.09. The molecule has 1 saturated heterocycles. The second kappa shape index (κ2) is 3.99. The number of nitrogens with zero attached hydrogens (tertiary/aromatic N) is 1. The highest BCUT2D eigenvalue weighted by Gasteiger charge is 2.55. The molecule has 2 rings (SSSR count). The maximum Gasteiger partial charge on any atom is 0.0357 e. The summed E-state index contributed by atoms with van der Waals surface area (Å²) in [5.74, 6) is 1.70. The van der Waals surface area contributed by atoms with Crippen molar-refractivity contribution >= 4 is 0 Å². The Morgan fingerprint density at radius 1 is 1.31 bits per heavy atom. The molecule has 3 unspecified atom stereocenters. The fourth-order valence-electron chi connectivity index (χ4n) is 3.19. The van der Waals surface area contributed by atoms with Gasteiger partial charge in [-0.25, -0.2) is 0 Å². The van der Waals surface area contributed by atoms with Crippen LogP contribution >= 0.6 is 0 Å². The zero-order chi connectivity index (χ0) is 12.0. The summed E-state index contributed by atoms with van der Waals surface area (Å²) >= 11 is 0. The van der Waals surface area contributed by atoms with Crippen LogP contribution < -0.4 is 5.73 Å². The Balaban J connectivity index is 2.10. The number of hydrogen-bond donors (Lipinski definition) is 1. The van der Waals surface area contributed by atoms with Gasteiger partial charge in [-0.1, -0.05) is 20.8 Å². The van der Waals surface area contributed by atoms with E-state index in [9.17, 15) is 0 Å². The van der Waals surface area contributed by atoms with Crippen LogP contribution in [0, 0.1) is 17.3 Å². The molecular weight excluding hydrogens is 196 g/mol. The maximum absolute atomic E-state index is 6.10. The standard InChI is InChI=1S/C14H28N2/c1-11-5-8-16(9-12(11)2)14(4,10-15)13(3)6-7-13/h11-12H,5-10,15H2,1-4H3. The second-order valence-electron chi connectivity index (χ2n) is 6.73. The van der Waals surface area contributed by atoms with Crippen LogP contribution in [0.1, 0.15) is 47.0 Å². The lowest BCUT2D eigenvalue weighted by Gasteiger charge is -2.50. The Morgan fingerprint density at radius 3 is 2.38 bits per heavy atom. The van der Waals surface area contributed by atoms with E-state index in [4.69, 9.17) is 5.73 Å². The lowest BCUT2D eigenvalue weighted by Crippen LogP contribution is -2.60. The fourth-order valence-corrected chi connectivity index (χ4v) is 3.19. The van der Waals surface area contributed by atoms with Crippen molar-refractivity contribution in [2.75, 3.05) is 19.6 Å². The molecule has 0 aromatic carbocycles. The first-order valence-corrected chi connectivity index (χ1v) is 6.88. The number of rotatable bonds is 3. The quantitative estimate of drug-likeness (QED) is 0.798. The molecule has 3 atom stereocenters. The monoisotopic (exact) mass is 224 g/mol. The fraction of sp³-hybridized carbons (Fsp3) is 1.00. The molecule has 1 aliphatic carbocycles. The lowest BCUT2D eigenvalue weighted by atomic mass is 9.78. The number of piperidine rings is 1. The molecule has 1 saturated carbocycles. The SMILES string of the molecule is CC1CCN(C(C)(CN)C2(C)CC2)CC1C. The smallest absolute Gasteiger partial charge is 0.0357 e. The zero-order valence-corrected chi connectivity index (χ0v) is 11.4. The van der Waals surface area contributed by atoms with E-state index >= 15 is 0 Å². The molecule has 0 aromatic heterocycles. The summed E-state index contributed by atoms with van der Waals surface area (Å²) < 4.78 is 0.